The molecule has 2 aromatic carbocycles. The fraction of sp³-hybridized carbons (Fsp3) is 0.273. The molecule has 0 aliphatic carbocycles. The van der Waals surface area contributed by atoms with E-state index in [4.69, 9.17) is 19.7 Å². The minimum Gasteiger partial charge on any atom is -0.444 e. The van der Waals surface area contributed by atoms with Crippen LogP contribution in [0.1, 0.15) is 16.8 Å². The van der Waals surface area contributed by atoms with Gasteiger partial charge in [-0.05, 0) is 35.9 Å². The van der Waals surface area contributed by atoms with Gasteiger partial charge in [-0.25, -0.2) is 4.98 Å². The minimum absolute atomic E-state index is 0.175. The highest BCUT2D eigenvalue weighted by molar-refractivity contribution is 9.10. The van der Waals surface area contributed by atoms with Crippen molar-refractivity contribution in [2.75, 3.05) is 26.3 Å². The van der Waals surface area contributed by atoms with Crippen LogP contribution in [0.25, 0.3) is 11.5 Å². The third-order valence-corrected chi connectivity index (χ3v) is 5.28. The van der Waals surface area contributed by atoms with Crippen molar-refractivity contribution in [2.24, 2.45) is 10.9 Å². The van der Waals surface area contributed by atoms with Crippen LogP contribution in [0.2, 0.25) is 0 Å². The van der Waals surface area contributed by atoms with Gasteiger partial charge in [0.05, 0.1) is 13.2 Å². The second kappa shape index (κ2) is 9.88. The summed E-state index contributed by atoms with van der Waals surface area (Å²) in [4.78, 5) is 12.2. The van der Waals surface area contributed by atoms with Crippen LogP contribution in [0.3, 0.4) is 0 Å². The standard InChI is InChI=1S/C22H23BrN4O3/c23-19-6-4-17(5-7-19)22-25-20(14-29-22)15-30-26-21(24)18-3-1-2-16(12-18)13-27-8-10-28-11-9-27/h1-7,12,14H,8-11,13,15H2,(H2,24,26). The van der Waals surface area contributed by atoms with Gasteiger partial charge < -0.3 is 19.7 Å². The summed E-state index contributed by atoms with van der Waals surface area (Å²) in [5.74, 6) is 0.865. The van der Waals surface area contributed by atoms with E-state index in [2.05, 4.69) is 37.0 Å². The van der Waals surface area contributed by atoms with Gasteiger partial charge in [-0.3, -0.25) is 4.90 Å². The molecule has 3 aromatic rings. The lowest BCUT2D eigenvalue weighted by Crippen LogP contribution is -2.35. The Bertz CT molecular complexity index is 998. The first kappa shape index (κ1) is 20.6. The summed E-state index contributed by atoms with van der Waals surface area (Å²) in [5.41, 5.74) is 9.67. The van der Waals surface area contributed by atoms with Crippen molar-refractivity contribution in [1.29, 1.82) is 0 Å². The molecule has 0 spiro atoms. The second-order valence-electron chi connectivity index (χ2n) is 6.99. The van der Waals surface area contributed by atoms with Crippen LogP contribution in [-0.4, -0.2) is 42.0 Å². The molecule has 0 unspecified atom stereocenters. The molecule has 0 radical (unpaired) electrons. The Labute approximate surface area is 183 Å². The minimum atomic E-state index is 0.175. The zero-order valence-electron chi connectivity index (χ0n) is 16.5. The van der Waals surface area contributed by atoms with E-state index in [0.717, 1.165) is 48.4 Å². The van der Waals surface area contributed by atoms with Gasteiger partial charge >= 0.3 is 0 Å². The molecule has 0 amide bonds. The first-order chi connectivity index (χ1) is 14.7. The SMILES string of the molecule is N/C(=N/OCc1coc(-c2ccc(Br)cc2)n1)c1cccc(CN2CCOCC2)c1. The molecule has 4 rings (SSSR count). The number of ether oxygens (including phenoxy) is 1. The molecule has 1 aliphatic rings. The smallest absolute Gasteiger partial charge is 0.226 e. The Kier molecular flexibility index (Phi) is 6.78. The summed E-state index contributed by atoms with van der Waals surface area (Å²) in [7, 11) is 0. The summed E-state index contributed by atoms with van der Waals surface area (Å²) in [6.45, 7) is 4.48. The van der Waals surface area contributed by atoms with E-state index in [9.17, 15) is 0 Å². The molecule has 30 heavy (non-hydrogen) atoms. The predicted molar refractivity (Wildman–Crippen MR) is 118 cm³/mol. The quantitative estimate of drug-likeness (QED) is 0.321. The first-order valence-corrected chi connectivity index (χ1v) is 10.5. The number of morpholine rings is 1. The molecule has 0 atom stereocenters. The number of amidine groups is 1. The normalized spacial score (nSPS) is 15.3. The highest BCUT2D eigenvalue weighted by Crippen LogP contribution is 2.21. The molecule has 2 N–H and O–H groups in total. The van der Waals surface area contributed by atoms with E-state index in [1.165, 1.54) is 5.56 Å². The largest absolute Gasteiger partial charge is 0.444 e. The average molecular weight is 471 g/mol. The average Bonchev–Trinajstić information content (AvgIpc) is 3.24. The van der Waals surface area contributed by atoms with Crippen LogP contribution in [-0.2, 0) is 22.7 Å². The van der Waals surface area contributed by atoms with Crippen LogP contribution in [0.5, 0.6) is 0 Å². The summed E-state index contributed by atoms with van der Waals surface area (Å²) in [6, 6.07) is 15.8. The molecular formula is C22H23BrN4O3. The van der Waals surface area contributed by atoms with Gasteiger partial charge in [0.1, 0.15) is 12.0 Å². The van der Waals surface area contributed by atoms with E-state index in [1.807, 2.05) is 42.5 Å². The number of nitrogens with zero attached hydrogens (tertiary/aromatic N) is 3. The molecule has 0 saturated carbocycles. The highest BCUT2D eigenvalue weighted by atomic mass is 79.9. The molecule has 0 bridgehead atoms. The molecule has 1 aliphatic heterocycles. The predicted octanol–water partition coefficient (Wildman–Crippen LogP) is 3.77. The second-order valence-corrected chi connectivity index (χ2v) is 7.91. The van der Waals surface area contributed by atoms with Crippen LogP contribution in [0.15, 0.2) is 68.8 Å². The Balaban J connectivity index is 1.34. The number of oxazole rings is 1. The fourth-order valence-electron chi connectivity index (χ4n) is 3.17. The molecule has 8 heteroatoms. The lowest BCUT2D eigenvalue weighted by Gasteiger charge is -2.26. The van der Waals surface area contributed by atoms with Gasteiger partial charge in [0, 0.05) is 35.2 Å². The first-order valence-electron chi connectivity index (χ1n) is 9.72. The maximum absolute atomic E-state index is 6.11. The number of rotatable bonds is 7. The Hall–Kier alpha value is -2.68. The molecule has 156 valence electrons. The van der Waals surface area contributed by atoms with E-state index < -0.39 is 0 Å². The lowest BCUT2D eigenvalue weighted by molar-refractivity contribution is 0.0342. The number of benzene rings is 2. The monoisotopic (exact) mass is 470 g/mol. The lowest BCUT2D eigenvalue weighted by atomic mass is 10.1. The Morgan fingerprint density at radius 2 is 1.97 bits per heavy atom. The Morgan fingerprint density at radius 1 is 1.17 bits per heavy atom. The van der Waals surface area contributed by atoms with Crippen molar-refractivity contribution in [2.45, 2.75) is 13.2 Å². The van der Waals surface area contributed by atoms with Gasteiger partial charge in [0.25, 0.3) is 0 Å². The highest BCUT2D eigenvalue weighted by Gasteiger charge is 2.11. The number of nitrogens with two attached hydrogens (primary N) is 1. The summed E-state index contributed by atoms with van der Waals surface area (Å²) >= 11 is 3.41. The van der Waals surface area contributed by atoms with Crippen molar-refractivity contribution >= 4 is 21.8 Å². The van der Waals surface area contributed by atoms with Crippen LogP contribution < -0.4 is 5.73 Å². The third-order valence-electron chi connectivity index (χ3n) is 4.75. The summed E-state index contributed by atoms with van der Waals surface area (Å²) in [5, 5.41) is 4.04. The van der Waals surface area contributed by atoms with Crippen molar-refractivity contribution < 1.29 is 14.0 Å². The maximum Gasteiger partial charge on any atom is 0.226 e. The van der Waals surface area contributed by atoms with Gasteiger partial charge in [-0.15, -0.1) is 0 Å². The summed E-state index contributed by atoms with van der Waals surface area (Å²) < 4.78 is 11.9. The Morgan fingerprint density at radius 3 is 2.77 bits per heavy atom. The summed E-state index contributed by atoms with van der Waals surface area (Å²) in [6.07, 6.45) is 1.56. The van der Waals surface area contributed by atoms with Crippen molar-refractivity contribution in [3.63, 3.8) is 0 Å². The van der Waals surface area contributed by atoms with Crippen molar-refractivity contribution in [1.82, 2.24) is 9.88 Å². The van der Waals surface area contributed by atoms with E-state index in [-0.39, 0.29) is 6.61 Å². The fourth-order valence-corrected chi connectivity index (χ4v) is 3.43. The topological polar surface area (TPSA) is 86.1 Å². The number of hydrogen-bond acceptors (Lipinski definition) is 6. The number of oxime groups is 1. The van der Waals surface area contributed by atoms with E-state index in [0.29, 0.717) is 17.4 Å². The zero-order valence-corrected chi connectivity index (χ0v) is 18.0. The van der Waals surface area contributed by atoms with Gasteiger partial charge in [0.2, 0.25) is 5.89 Å². The van der Waals surface area contributed by atoms with Gasteiger partial charge in [0.15, 0.2) is 12.4 Å². The molecule has 1 aromatic heterocycles. The maximum atomic E-state index is 6.11. The van der Waals surface area contributed by atoms with Gasteiger partial charge in [-0.2, -0.15) is 0 Å². The molecule has 1 saturated heterocycles. The molecular weight excluding hydrogens is 448 g/mol. The van der Waals surface area contributed by atoms with Crippen molar-refractivity contribution in [3.8, 4) is 11.5 Å². The van der Waals surface area contributed by atoms with Crippen LogP contribution >= 0.6 is 15.9 Å². The van der Waals surface area contributed by atoms with E-state index >= 15 is 0 Å². The molecule has 1 fully saturated rings. The molecule has 7 nitrogen and oxygen atoms in total. The third kappa shape index (κ3) is 5.47. The van der Waals surface area contributed by atoms with Crippen LogP contribution in [0.4, 0.5) is 0 Å². The number of aromatic nitrogens is 1. The number of hydrogen-bond donors (Lipinski definition) is 1. The van der Waals surface area contributed by atoms with Crippen molar-refractivity contribution in [3.05, 3.63) is 76.1 Å². The number of halogens is 1. The molecule has 2 heterocycles. The van der Waals surface area contributed by atoms with Gasteiger partial charge in [-0.1, -0.05) is 39.3 Å². The van der Waals surface area contributed by atoms with E-state index in [1.54, 1.807) is 6.26 Å². The van der Waals surface area contributed by atoms with Crippen LogP contribution in [0, 0.1) is 0 Å². The zero-order chi connectivity index (χ0) is 20.8.